The molecule has 1 atom stereocenters. The van der Waals surface area contributed by atoms with Gasteiger partial charge in [0.2, 0.25) is 0 Å². The van der Waals surface area contributed by atoms with E-state index in [0.717, 1.165) is 11.3 Å². The lowest BCUT2D eigenvalue weighted by Crippen LogP contribution is -2.32. The summed E-state index contributed by atoms with van der Waals surface area (Å²) in [4.78, 5) is 24.2. The molecular formula is C18H22N2O5. The first-order chi connectivity index (χ1) is 12.0. The van der Waals surface area contributed by atoms with Crippen LogP contribution in [-0.4, -0.2) is 30.2 Å². The van der Waals surface area contributed by atoms with E-state index in [9.17, 15) is 9.59 Å². The molecule has 0 aliphatic rings. The third kappa shape index (κ3) is 5.63. The molecule has 7 heteroatoms. The van der Waals surface area contributed by atoms with Crippen molar-refractivity contribution in [3.8, 4) is 5.75 Å². The van der Waals surface area contributed by atoms with Crippen LogP contribution in [0.25, 0.3) is 0 Å². The molecule has 0 aliphatic carbocycles. The number of methoxy groups -OCH3 is 1. The smallest absolute Gasteiger partial charge is 0.306 e. The largest absolute Gasteiger partial charge is 0.497 e. The van der Waals surface area contributed by atoms with Crippen molar-refractivity contribution in [1.82, 2.24) is 5.16 Å². The van der Waals surface area contributed by atoms with Gasteiger partial charge in [-0.25, -0.2) is 0 Å². The molecule has 1 N–H and O–H groups in total. The number of hydrogen-bond acceptors (Lipinski definition) is 6. The highest BCUT2D eigenvalue weighted by molar-refractivity contribution is 5.94. The summed E-state index contributed by atoms with van der Waals surface area (Å²) in [5.41, 5.74) is 0.994. The molecular weight excluding hydrogens is 324 g/mol. The summed E-state index contributed by atoms with van der Waals surface area (Å²) in [7, 11) is 1.60. The van der Waals surface area contributed by atoms with Gasteiger partial charge in [0.1, 0.15) is 11.5 Å². The van der Waals surface area contributed by atoms with Crippen LogP contribution < -0.4 is 10.1 Å². The number of benzene rings is 1. The first kappa shape index (κ1) is 18.5. The first-order valence-electron chi connectivity index (χ1n) is 8.08. The quantitative estimate of drug-likeness (QED) is 0.739. The molecule has 1 aromatic carbocycles. The Balaban J connectivity index is 1.82. The third-order valence-corrected chi connectivity index (χ3v) is 3.59. The van der Waals surface area contributed by atoms with Crippen LogP contribution in [0.15, 0.2) is 34.9 Å². The van der Waals surface area contributed by atoms with Gasteiger partial charge in [0.25, 0.3) is 5.91 Å². The molecule has 1 unspecified atom stereocenters. The summed E-state index contributed by atoms with van der Waals surface area (Å²) >= 11 is 0. The number of hydrogen-bond donors (Lipinski definition) is 1. The molecule has 1 aromatic heterocycles. The fraction of sp³-hybridized carbons (Fsp3) is 0.389. The minimum atomic E-state index is -0.861. The third-order valence-electron chi connectivity index (χ3n) is 3.59. The number of rotatable bonds is 8. The van der Waals surface area contributed by atoms with Crippen LogP contribution in [-0.2, 0) is 20.7 Å². The molecule has 0 saturated carbocycles. The zero-order valence-corrected chi connectivity index (χ0v) is 14.6. The van der Waals surface area contributed by atoms with Gasteiger partial charge in [-0.3, -0.25) is 9.59 Å². The molecule has 0 radical (unpaired) electrons. The van der Waals surface area contributed by atoms with Crippen molar-refractivity contribution in [1.29, 1.82) is 0 Å². The van der Waals surface area contributed by atoms with E-state index in [1.165, 1.54) is 0 Å². The fourth-order valence-corrected chi connectivity index (χ4v) is 2.21. The minimum absolute atomic E-state index is 0.194. The number of esters is 1. The predicted octanol–water partition coefficient (Wildman–Crippen LogP) is 2.88. The standard InChI is InChI=1S/C18H22N2O5/c1-4-15(18(22)19-16-11-12(2)25-20-16)24-17(21)10-7-13-5-8-14(23-3)9-6-13/h5-6,8-9,11,15H,4,7,10H2,1-3H3,(H,19,20,22). The number of carbonyl (C=O) groups is 2. The Kier molecular flexibility index (Phi) is 6.56. The van der Waals surface area contributed by atoms with E-state index in [4.69, 9.17) is 14.0 Å². The summed E-state index contributed by atoms with van der Waals surface area (Å²) < 4.78 is 15.2. The monoisotopic (exact) mass is 346 g/mol. The molecule has 0 spiro atoms. The van der Waals surface area contributed by atoms with Crippen molar-refractivity contribution in [2.45, 2.75) is 39.2 Å². The lowest BCUT2D eigenvalue weighted by atomic mass is 10.1. The summed E-state index contributed by atoms with van der Waals surface area (Å²) in [5, 5.41) is 6.25. The molecule has 0 saturated heterocycles. The van der Waals surface area contributed by atoms with Crippen molar-refractivity contribution < 1.29 is 23.6 Å². The first-order valence-corrected chi connectivity index (χ1v) is 8.08. The second-order valence-corrected chi connectivity index (χ2v) is 5.55. The highest BCUT2D eigenvalue weighted by Gasteiger charge is 2.22. The van der Waals surface area contributed by atoms with Gasteiger partial charge in [0.05, 0.1) is 7.11 Å². The SMILES string of the molecule is CCC(OC(=O)CCc1ccc(OC)cc1)C(=O)Nc1cc(C)on1. The summed E-state index contributed by atoms with van der Waals surface area (Å²) in [6.45, 7) is 3.49. The van der Waals surface area contributed by atoms with Crippen molar-refractivity contribution in [2.24, 2.45) is 0 Å². The molecule has 134 valence electrons. The Labute approximate surface area is 146 Å². The van der Waals surface area contributed by atoms with Crippen LogP contribution >= 0.6 is 0 Å². The van der Waals surface area contributed by atoms with Crippen LogP contribution in [0.2, 0.25) is 0 Å². The number of anilines is 1. The Morgan fingerprint density at radius 3 is 2.56 bits per heavy atom. The maximum Gasteiger partial charge on any atom is 0.306 e. The van der Waals surface area contributed by atoms with E-state index < -0.39 is 18.0 Å². The average Bonchev–Trinajstić information content (AvgIpc) is 3.02. The number of aryl methyl sites for hydroxylation is 2. The average molecular weight is 346 g/mol. The Morgan fingerprint density at radius 2 is 2.00 bits per heavy atom. The van der Waals surface area contributed by atoms with Crippen molar-refractivity contribution >= 4 is 17.7 Å². The molecule has 0 fully saturated rings. The lowest BCUT2D eigenvalue weighted by molar-refractivity contribution is -0.154. The van der Waals surface area contributed by atoms with Crippen LogP contribution in [0.3, 0.4) is 0 Å². The molecule has 2 aromatic rings. The molecule has 25 heavy (non-hydrogen) atoms. The molecule has 0 bridgehead atoms. The van der Waals surface area contributed by atoms with Crippen molar-refractivity contribution in [3.05, 3.63) is 41.7 Å². The molecule has 1 amide bonds. The van der Waals surface area contributed by atoms with Gasteiger partial charge in [0.15, 0.2) is 11.9 Å². The van der Waals surface area contributed by atoms with Crippen molar-refractivity contribution in [3.63, 3.8) is 0 Å². The highest BCUT2D eigenvalue weighted by atomic mass is 16.5. The van der Waals surface area contributed by atoms with Crippen LogP contribution in [0.4, 0.5) is 5.82 Å². The number of ether oxygens (including phenoxy) is 2. The Bertz CT molecular complexity index is 709. The number of nitrogens with one attached hydrogen (secondary N) is 1. The zero-order valence-electron chi connectivity index (χ0n) is 14.6. The normalized spacial score (nSPS) is 11.6. The topological polar surface area (TPSA) is 90.7 Å². The molecule has 7 nitrogen and oxygen atoms in total. The van der Waals surface area contributed by atoms with Gasteiger partial charge in [-0.2, -0.15) is 0 Å². The van der Waals surface area contributed by atoms with E-state index in [1.807, 2.05) is 24.3 Å². The predicted molar refractivity (Wildman–Crippen MR) is 91.4 cm³/mol. The van der Waals surface area contributed by atoms with Gasteiger partial charge in [-0.05, 0) is 37.5 Å². The van der Waals surface area contributed by atoms with E-state index in [1.54, 1.807) is 27.0 Å². The summed E-state index contributed by atoms with van der Waals surface area (Å²) in [6, 6.07) is 9.05. The Morgan fingerprint density at radius 1 is 1.28 bits per heavy atom. The number of nitrogens with zero attached hydrogens (tertiary/aromatic N) is 1. The van der Waals surface area contributed by atoms with E-state index in [0.29, 0.717) is 24.4 Å². The van der Waals surface area contributed by atoms with Gasteiger partial charge >= 0.3 is 5.97 Å². The summed E-state index contributed by atoms with van der Waals surface area (Å²) in [5.74, 6) is 0.801. The molecule has 0 aliphatic heterocycles. The minimum Gasteiger partial charge on any atom is -0.497 e. The van der Waals surface area contributed by atoms with Gasteiger partial charge in [0, 0.05) is 12.5 Å². The molecule has 2 rings (SSSR count). The van der Waals surface area contributed by atoms with Gasteiger partial charge in [-0.1, -0.05) is 24.2 Å². The van der Waals surface area contributed by atoms with Crippen LogP contribution in [0, 0.1) is 6.92 Å². The number of aromatic nitrogens is 1. The molecule has 1 heterocycles. The van der Waals surface area contributed by atoms with E-state index >= 15 is 0 Å². The summed E-state index contributed by atoms with van der Waals surface area (Å²) in [6.07, 6.45) is 0.236. The van der Waals surface area contributed by atoms with Crippen LogP contribution in [0.5, 0.6) is 5.75 Å². The second-order valence-electron chi connectivity index (χ2n) is 5.55. The zero-order chi connectivity index (χ0) is 18.2. The maximum absolute atomic E-state index is 12.1. The van der Waals surface area contributed by atoms with E-state index in [2.05, 4.69) is 10.5 Å². The van der Waals surface area contributed by atoms with Gasteiger partial charge < -0.3 is 19.3 Å². The van der Waals surface area contributed by atoms with E-state index in [-0.39, 0.29) is 6.42 Å². The lowest BCUT2D eigenvalue weighted by Gasteiger charge is -2.15. The Hall–Kier alpha value is -2.83. The van der Waals surface area contributed by atoms with Crippen molar-refractivity contribution in [2.75, 3.05) is 12.4 Å². The van der Waals surface area contributed by atoms with Crippen LogP contribution in [0.1, 0.15) is 31.1 Å². The maximum atomic E-state index is 12.1. The highest BCUT2D eigenvalue weighted by Crippen LogP contribution is 2.14. The van der Waals surface area contributed by atoms with Gasteiger partial charge in [-0.15, -0.1) is 0 Å². The number of carbonyl (C=O) groups excluding carboxylic acids is 2. The fourth-order valence-electron chi connectivity index (χ4n) is 2.21. The number of amides is 1. The second kappa shape index (κ2) is 8.86.